The molecule has 0 saturated heterocycles. The summed E-state index contributed by atoms with van der Waals surface area (Å²) in [5.74, 6) is -0.113. The number of carbonyl (C=O) groups excluding carboxylic acids is 1. The van der Waals surface area contributed by atoms with Gasteiger partial charge in [-0.2, -0.15) is 0 Å². The lowest BCUT2D eigenvalue weighted by atomic mass is 10.0. The fourth-order valence-electron chi connectivity index (χ4n) is 3.42. The number of amides is 1. The summed E-state index contributed by atoms with van der Waals surface area (Å²) in [6.45, 7) is 4.30. The van der Waals surface area contributed by atoms with Gasteiger partial charge in [0.25, 0.3) is 0 Å². The fraction of sp³-hybridized carbons (Fsp3) is 0.278. The average Bonchev–Trinajstić information content (AvgIpc) is 3.13. The number of nitrogens with zero attached hydrogens (tertiary/aromatic N) is 2. The van der Waals surface area contributed by atoms with Crippen LogP contribution in [-0.4, -0.2) is 12.5 Å². The van der Waals surface area contributed by atoms with Crippen LogP contribution < -0.4 is 4.90 Å². The summed E-state index contributed by atoms with van der Waals surface area (Å²) < 4.78 is 5.86. The van der Waals surface area contributed by atoms with Crippen molar-refractivity contribution in [1.82, 2.24) is 0 Å². The quantitative estimate of drug-likeness (QED) is 0.653. The molecule has 5 heteroatoms. The van der Waals surface area contributed by atoms with E-state index in [9.17, 15) is 9.70 Å². The molecule has 0 N–H and O–H groups in total. The minimum Gasteiger partial charge on any atom is -0.456 e. The first-order valence-corrected chi connectivity index (χ1v) is 7.73. The highest BCUT2D eigenvalue weighted by Crippen LogP contribution is 2.45. The number of hydrogen-bond donors (Lipinski definition) is 0. The summed E-state index contributed by atoms with van der Waals surface area (Å²) in [5.41, 5.74) is 3.34. The Morgan fingerprint density at radius 1 is 1.26 bits per heavy atom. The van der Waals surface area contributed by atoms with E-state index >= 15 is 0 Å². The van der Waals surface area contributed by atoms with Crippen molar-refractivity contribution in [2.45, 2.75) is 20.3 Å². The smallest absolute Gasteiger partial charge is 0.229 e. The highest BCUT2D eigenvalue weighted by atomic mass is 16.3. The molecule has 5 nitrogen and oxygen atoms in total. The molecule has 3 aromatic rings. The summed E-state index contributed by atoms with van der Waals surface area (Å²) in [4.78, 5) is 25.5. The molecule has 4 rings (SSSR count). The second-order valence-electron chi connectivity index (χ2n) is 6.18. The van der Waals surface area contributed by atoms with Crippen LogP contribution in [0, 0.1) is 10.8 Å². The maximum absolute atomic E-state index is 12.5. The van der Waals surface area contributed by atoms with Gasteiger partial charge in [0, 0.05) is 29.3 Å². The molecule has 2 aromatic carbocycles. The molecule has 0 atom stereocenters. The molecule has 2 heterocycles. The molecule has 0 spiro atoms. The Hall–Kier alpha value is -2.69. The van der Waals surface area contributed by atoms with Gasteiger partial charge < -0.3 is 9.32 Å². The average molecular weight is 308 g/mol. The monoisotopic (exact) mass is 308 g/mol. The van der Waals surface area contributed by atoms with E-state index in [1.165, 1.54) is 0 Å². The van der Waals surface area contributed by atoms with Crippen molar-refractivity contribution in [1.29, 1.82) is 0 Å². The number of nitroso groups, excluding NO2 is 1. The molecule has 1 aliphatic heterocycles. The Labute approximate surface area is 132 Å². The van der Waals surface area contributed by atoms with Crippen LogP contribution >= 0.6 is 0 Å². The third-order valence-electron chi connectivity index (χ3n) is 4.43. The highest BCUT2D eigenvalue weighted by Gasteiger charge is 2.32. The van der Waals surface area contributed by atoms with Crippen molar-refractivity contribution in [3.05, 3.63) is 40.8 Å². The number of rotatable bonds is 2. The molecular weight excluding hydrogens is 292 g/mol. The number of benzene rings is 2. The van der Waals surface area contributed by atoms with Gasteiger partial charge in [0.15, 0.2) is 0 Å². The van der Waals surface area contributed by atoms with Gasteiger partial charge in [-0.05, 0) is 23.2 Å². The van der Waals surface area contributed by atoms with Gasteiger partial charge in [0.1, 0.15) is 16.9 Å². The summed E-state index contributed by atoms with van der Waals surface area (Å²) in [5, 5.41) is 5.15. The highest BCUT2D eigenvalue weighted by molar-refractivity contribution is 6.13. The van der Waals surface area contributed by atoms with Crippen molar-refractivity contribution in [2.75, 3.05) is 11.4 Å². The van der Waals surface area contributed by atoms with Gasteiger partial charge in [-0.15, -0.1) is 4.91 Å². The SMILES string of the molecule is CC(C)C(=O)N1CCc2c1c(N=O)cc1oc3ccccc3c21. The van der Waals surface area contributed by atoms with Gasteiger partial charge >= 0.3 is 0 Å². The maximum atomic E-state index is 12.5. The van der Waals surface area contributed by atoms with Crippen molar-refractivity contribution < 1.29 is 9.21 Å². The predicted octanol–water partition coefficient (Wildman–Crippen LogP) is 4.53. The van der Waals surface area contributed by atoms with Crippen LogP contribution in [0.15, 0.2) is 39.9 Å². The lowest BCUT2D eigenvalue weighted by Crippen LogP contribution is -2.32. The Kier molecular flexibility index (Phi) is 2.98. The number of furan rings is 1. The fourth-order valence-corrected chi connectivity index (χ4v) is 3.42. The van der Waals surface area contributed by atoms with E-state index in [4.69, 9.17) is 4.42 Å². The van der Waals surface area contributed by atoms with Crippen LogP contribution in [0.2, 0.25) is 0 Å². The Morgan fingerprint density at radius 3 is 2.78 bits per heavy atom. The van der Waals surface area contributed by atoms with E-state index in [0.717, 1.165) is 21.9 Å². The Balaban J connectivity index is 2.06. The molecule has 1 aliphatic rings. The van der Waals surface area contributed by atoms with Gasteiger partial charge in [0.2, 0.25) is 5.91 Å². The number of carbonyl (C=O) groups is 1. The molecule has 0 bridgehead atoms. The van der Waals surface area contributed by atoms with E-state index < -0.39 is 0 Å². The standard InChI is InChI=1S/C18H16N2O3/c1-10(2)18(21)20-8-7-12-16-11-5-3-4-6-14(11)23-15(16)9-13(19-22)17(12)20/h3-6,9-10H,7-8H2,1-2H3. The zero-order valence-corrected chi connectivity index (χ0v) is 13.0. The van der Waals surface area contributed by atoms with Crippen LogP contribution in [0.25, 0.3) is 21.9 Å². The van der Waals surface area contributed by atoms with Crippen LogP contribution in [0.3, 0.4) is 0 Å². The van der Waals surface area contributed by atoms with Crippen molar-refractivity contribution in [2.24, 2.45) is 11.1 Å². The zero-order valence-electron chi connectivity index (χ0n) is 13.0. The van der Waals surface area contributed by atoms with Gasteiger partial charge in [0.05, 0.1) is 5.69 Å². The van der Waals surface area contributed by atoms with Crippen LogP contribution in [0.1, 0.15) is 19.4 Å². The number of hydrogen-bond acceptors (Lipinski definition) is 4. The lowest BCUT2D eigenvalue weighted by molar-refractivity contribution is -0.121. The van der Waals surface area contributed by atoms with Crippen molar-refractivity contribution in [3.63, 3.8) is 0 Å². The van der Waals surface area contributed by atoms with Gasteiger partial charge in [-0.3, -0.25) is 4.79 Å². The number of para-hydroxylation sites is 1. The van der Waals surface area contributed by atoms with E-state index in [1.54, 1.807) is 11.0 Å². The van der Waals surface area contributed by atoms with Crippen molar-refractivity contribution in [3.8, 4) is 0 Å². The van der Waals surface area contributed by atoms with E-state index in [1.807, 2.05) is 38.1 Å². The second-order valence-corrected chi connectivity index (χ2v) is 6.18. The first kappa shape index (κ1) is 13.9. The minimum absolute atomic E-state index is 0.0146. The molecule has 0 unspecified atom stereocenters. The van der Waals surface area contributed by atoms with Crippen LogP contribution in [0.4, 0.5) is 11.4 Å². The first-order chi connectivity index (χ1) is 11.1. The third kappa shape index (κ3) is 1.89. The normalized spacial score (nSPS) is 14.0. The molecule has 0 radical (unpaired) electrons. The topological polar surface area (TPSA) is 62.9 Å². The Bertz CT molecular complexity index is 956. The van der Waals surface area contributed by atoms with Gasteiger partial charge in [-0.1, -0.05) is 32.0 Å². The molecular formula is C18H16N2O3. The zero-order chi connectivity index (χ0) is 16.1. The minimum atomic E-state index is -0.128. The van der Waals surface area contributed by atoms with E-state index in [2.05, 4.69) is 5.18 Å². The summed E-state index contributed by atoms with van der Waals surface area (Å²) in [6.07, 6.45) is 0.706. The predicted molar refractivity (Wildman–Crippen MR) is 90.1 cm³/mol. The van der Waals surface area contributed by atoms with Crippen LogP contribution in [-0.2, 0) is 11.2 Å². The van der Waals surface area contributed by atoms with Crippen molar-refractivity contribution >= 4 is 39.2 Å². The van der Waals surface area contributed by atoms with E-state index in [-0.39, 0.29) is 17.5 Å². The van der Waals surface area contributed by atoms with E-state index in [0.29, 0.717) is 24.2 Å². The number of anilines is 1. The third-order valence-corrected chi connectivity index (χ3v) is 4.43. The first-order valence-electron chi connectivity index (χ1n) is 7.73. The molecule has 1 amide bonds. The largest absolute Gasteiger partial charge is 0.456 e. The molecule has 0 aliphatic carbocycles. The molecule has 1 aromatic heterocycles. The van der Waals surface area contributed by atoms with Crippen LogP contribution in [0.5, 0.6) is 0 Å². The molecule has 23 heavy (non-hydrogen) atoms. The molecule has 0 saturated carbocycles. The van der Waals surface area contributed by atoms with Gasteiger partial charge in [-0.25, -0.2) is 0 Å². The lowest BCUT2D eigenvalue weighted by Gasteiger charge is -2.20. The second kappa shape index (κ2) is 4.91. The number of fused-ring (bicyclic) bond motifs is 5. The summed E-state index contributed by atoms with van der Waals surface area (Å²) in [7, 11) is 0. The summed E-state index contributed by atoms with van der Waals surface area (Å²) in [6, 6.07) is 9.43. The molecule has 0 fully saturated rings. The Morgan fingerprint density at radius 2 is 2.04 bits per heavy atom. The summed E-state index contributed by atoms with van der Waals surface area (Å²) >= 11 is 0. The maximum Gasteiger partial charge on any atom is 0.229 e. The molecule has 116 valence electrons.